The van der Waals surface area contributed by atoms with E-state index in [0.717, 1.165) is 67.8 Å². The Labute approximate surface area is 397 Å². The molecule has 69 heavy (non-hydrogen) atoms. The highest BCUT2D eigenvalue weighted by atomic mass is 16.5. The number of hydrogen-bond donors (Lipinski definition) is 5. The van der Waals surface area contributed by atoms with Crippen molar-refractivity contribution in [2.45, 2.75) is 23.7 Å². The van der Waals surface area contributed by atoms with Gasteiger partial charge in [0.05, 0.1) is 74.4 Å². The second kappa shape index (κ2) is 19.9. The topological polar surface area (TPSA) is 184 Å². The molecule has 5 N–H and O–H groups in total. The first kappa shape index (κ1) is 45.3. The highest BCUT2D eigenvalue weighted by molar-refractivity contribution is 5.91. The van der Waals surface area contributed by atoms with Gasteiger partial charge in [-0.3, -0.25) is 0 Å². The van der Waals surface area contributed by atoms with Gasteiger partial charge in [0.25, 0.3) is 0 Å². The number of esters is 4. The van der Waals surface area contributed by atoms with Crippen LogP contribution in [0.25, 0.3) is 0 Å². The van der Waals surface area contributed by atoms with E-state index in [2.05, 4.69) is 61.3 Å². The lowest BCUT2D eigenvalue weighted by atomic mass is 9.91. The number of benzene rings is 4. The third-order valence-corrected chi connectivity index (χ3v) is 12.6. The predicted molar refractivity (Wildman–Crippen MR) is 259 cm³/mol. The van der Waals surface area contributed by atoms with E-state index < -0.39 is 23.9 Å². The zero-order valence-corrected chi connectivity index (χ0v) is 38.2. The molecule has 4 unspecified atom stereocenters. The molecular formula is C56H49N5O8. The number of carbonyl (C=O) groups excluding carboxylic acids is 4. The molecule has 0 aliphatic carbocycles. The number of ether oxygens (including phenoxy) is 4. The van der Waals surface area contributed by atoms with Crippen LogP contribution in [0, 0.1) is 0 Å². The fourth-order valence-electron chi connectivity index (χ4n) is 9.17. The van der Waals surface area contributed by atoms with Crippen molar-refractivity contribution < 1.29 is 38.1 Å². The predicted octanol–water partition coefficient (Wildman–Crippen LogP) is 10.2. The van der Waals surface area contributed by atoms with Gasteiger partial charge >= 0.3 is 23.9 Å². The second-order valence-electron chi connectivity index (χ2n) is 16.5. The molecular weight excluding hydrogens is 871 g/mol. The summed E-state index contributed by atoms with van der Waals surface area (Å²) in [6.45, 7) is 0. The second-order valence-corrected chi connectivity index (χ2v) is 16.5. The van der Waals surface area contributed by atoms with E-state index in [1.54, 1.807) is 48.5 Å². The monoisotopic (exact) mass is 919 g/mol. The van der Waals surface area contributed by atoms with Crippen LogP contribution in [-0.2, 0) is 18.9 Å². The average Bonchev–Trinajstić information content (AvgIpc) is 4.28. The molecule has 5 heterocycles. The molecule has 0 amide bonds. The lowest BCUT2D eigenvalue weighted by Crippen LogP contribution is -2.10. The van der Waals surface area contributed by atoms with Crippen molar-refractivity contribution >= 4 is 23.9 Å². The number of rotatable bonds is 16. The molecule has 4 aromatic carbocycles. The maximum atomic E-state index is 12.6. The van der Waals surface area contributed by atoms with Gasteiger partial charge in [0, 0.05) is 57.9 Å². The minimum absolute atomic E-state index is 0.234. The fourth-order valence-corrected chi connectivity index (χ4v) is 9.17. The third-order valence-electron chi connectivity index (χ3n) is 12.6. The SMILES string of the molecule is COC(=O)c1ccc(C(c2ccc[nH]2)c2ccc(C(c3ccc(C(=O)OC)cc3)c3ccc(C(c4ccc(C(=O)OC)cc4)c4ccc(C(c5ccc(C(=O)OC)cc5)c5ccc[nH]5)[nH]4)[nH]3)[nH]2)cc1. The molecule has 4 atom stereocenters. The number of carbonyl (C=O) groups is 4. The van der Waals surface area contributed by atoms with Gasteiger partial charge in [-0.25, -0.2) is 19.2 Å². The minimum Gasteiger partial charge on any atom is -0.465 e. The molecule has 0 radical (unpaired) electrons. The van der Waals surface area contributed by atoms with Gasteiger partial charge in [-0.15, -0.1) is 0 Å². The molecule has 0 fully saturated rings. The normalized spacial score (nSPS) is 12.9. The van der Waals surface area contributed by atoms with E-state index in [1.807, 2.05) is 85.2 Å². The zero-order valence-electron chi connectivity index (χ0n) is 38.2. The molecule has 9 aromatic rings. The van der Waals surface area contributed by atoms with E-state index in [-0.39, 0.29) is 23.7 Å². The lowest BCUT2D eigenvalue weighted by Gasteiger charge is -2.20. The fraction of sp³-hybridized carbons (Fsp3) is 0.143. The van der Waals surface area contributed by atoms with Crippen LogP contribution in [0.15, 0.2) is 170 Å². The summed E-state index contributed by atoms with van der Waals surface area (Å²) in [4.78, 5) is 68.0. The molecule has 0 saturated heterocycles. The first-order valence-corrected chi connectivity index (χ1v) is 22.2. The molecule has 13 heteroatoms. The van der Waals surface area contributed by atoms with Gasteiger partial charge < -0.3 is 43.9 Å². The Morgan fingerprint density at radius 3 is 0.710 bits per heavy atom. The van der Waals surface area contributed by atoms with Crippen molar-refractivity contribution in [1.29, 1.82) is 0 Å². The van der Waals surface area contributed by atoms with Crippen molar-refractivity contribution in [1.82, 2.24) is 24.9 Å². The molecule has 346 valence electrons. The van der Waals surface area contributed by atoms with Crippen molar-refractivity contribution in [2.75, 3.05) is 28.4 Å². The standard InChI is InChI=1S/C56H49N5O8/c1-66-53(62)37-17-9-33(10-18-37)49(41-7-5-31-57-41)43-25-27-45(59-43)51(35-13-21-39(22-14-35)55(64)68-3)47-29-30-48(61-47)52(36-15-23-40(24-16-36)56(65)69-4)46-28-26-44(60-46)50(42-8-6-32-58-42)34-11-19-38(20-12-34)54(63)67-2/h5-32,49-52,57-61H,1-4H3. The van der Waals surface area contributed by atoms with Crippen LogP contribution >= 0.6 is 0 Å². The van der Waals surface area contributed by atoms with Gasteiger partial charge in [0.2, 0.25) is 0 Å². The maximum absolute atomic E-state index is 12.6. The molecule has 0 saturated carbocycles. The first-order chi connectivity index (χ1) is 33.7. The van der Waals surface area contributed by atoms with Crippen molar-refractivity contribution in [3.63, 3.8) is 0 Å². The Morgan fingerprint density at radius 1 is 0.304 bits per heavy atom. The summed E-state index contributed by atoms with van der Waals surface area (Å²) in [5, 5.41) is 0. The lowest BCUT2D eigenvalue weighted by molar-refractivity contribution is 0.0592. The van der Waals surface area contributed by atoms with Crippen LogP contribution < -0.4 is 0 Å². The Kier molecular flexibility index (Phi) is 13.1. The largest absolute Gasteiger partial charge is 0.465 e. The number of aromatic nitrogens is 5. The van der Waals surface area contributed by atoms with Crippen LogP contribution in [0.4, 0.5) is 0 Å². The molecule has 5 aromatic heterocycles. The van der Waals surface area contributed by atoms with Gasteiger partial charge in [-0.2, -0.15) is 0 Å². The number of H-pyrrole nitrogens is 5. The number of nitrogens with one attached hydrogen (secondary N) is 5. The summed E-state index contributed by atoms with van der Waals surface area (Å²) in [5.74, 6) is -2.88. The third kappa shape index (κ3) is 9.30. The smallest absolute Gasteiger partial charge is 0.337 e. The molecule has 0 spiro atoms. The minimum atomic E-state index is -0.433. The summed E-state index contributed by atoms with van der Waals surface area (Å²) < 4.78 is 20.0. The zero-order chi connectivity index (χ0) is 48.0. The van der Waals surface area contributed by atoms with Crippen LogP contribution in [0.2, 0.25) is 0 Å². The van der Waals surface area contributed by atoms with Gasteiger partial charge in [-0.05, 0) is 131 Å². The maximum Gasteiger partial charge on any atom is 0.337 e. The van der Waals surface area contributed by atoms with Crippen LogP contribution in [0.1, 0.15) is 133 Å². The van der Waals surface area contributed by atoms with E-state index in [9.17, 15) is 19.2 Å². The van der Waals surface area contributed by atoms with E-state index in [1.165, 1.54) is 28.4 Å². The Morgan fingerprint density at radius 2 is 0.522 bits per heavy atom. The van der Waals surface area contributed by atoms with E-state index in [0.29, 0.717) is 22.3 Å². The van der Waals surface area contributed by atoms with E-state index >= 15 is 0 Å². The van der Waals surface area contributed by atoms with Crippen LogP contribution in [0.5, 0.6) is 0 Å². The van der Waals surface area contributed by atoms with E-state index in [4.69, 9.17) is 18.9 Å². The molecule has 0 aliphatic heterocycles. The first-order valence-electron chi connectivity index (χ1n) is 22.2. The van der Waals surface area contributed by atoms with Gasteiger partial charge in [0.15, 0.2) is 0 Å². The van der Waals surface area contributed by atoms with Crippen molar-refractivity contribution in [3.05, 3.63) is 260 Å². The van der Waals surface area contributed by atoms with Crippen LogP contribution in [0.3, 0.4) is 0 Å². The van der Waals surface area contributed by atoms with Gasteiger partial charge in [0.1, 0.15) is 0 Å². The average molecular weight is 920 g/mol. The number of hydrogen-bond acceptors (Lipinski definition) is 8. The summed E-state index contributed by atoms with van der Waals surface area (Å²) in [6, 6.07) is 50.0. The van der Waals surface area contributed by atoms with Gasteiger partial charge in [-0.1, -0.05) is 48.5 Å². The van der Waals surface area contributed by atoms with Crippen molar-refractivity contribution in [2.24, 2.45) is 0 Å². The Hall–Kier alpha value is -8.84. The summed E-state index contributed by atoms with van der Waals surface area (Å²) >= 11 is 0. The molecule has 9 rings (SSSR count). The number of aromatic amines is 5. The van der Waals surface area contributed by atoms with Crippen LogP contribution in [-0.4, -0.2) is 77.2 Å². The summed E-state index contributed by atoms with van der Waals surface area (Å²) in [5.41, 5.74) is 12.8. The quantitative estimate of drug-likeness (QED) is 0.0468. The summed E-state index contributed by atoms with van der Waals surface area (Å²) in [7, 11) is 5.45. The molecule has 0 bridgehead atoms. The highest BCUT2D eigenvalue weighted by Gasteiger charge is 2.29. The Balaban J connectivity index is 1.14. The molecule has 13 nitrogen and oxygen atoms in total. The highest BCUT2D eigenvalue weighted by Crippen LogP contribution is 2.40. The number of methoxy groups -OCH3 is 4. The Bertz CT molecular complexity index is 2970. The van der Waals surface area contributed by atoms with Crippen molar-refractivity contribution in [3.8, 4) is 0 Å². The summed E-state index contributed by atoms with van der Waals surface area (Å²) in [6.07, 6.45) is 3.77. The molecule has 0 aliphatic rings.